The van der Waals surface area contributed by atoms with Crippen molar-refractivity contribution in [1.29, 1.82) is 0 Å². The molecule has 0 fully saturated rings. The zero-order valence-electron chi connectivity index (χ0n) is 8.23. The second-order valence-electron chi connectivity index (χ2n) is 4.18. The molecule has 70 valence electrons. The van der Waals surface area contributed by atoms with E-state index in [4.69, 9.17) is 0 Å². The van der Waals surface area contributed by atoms with Crippen LogP contribution in [0.4, 0.5) is 0 Å². The van der Waals surface area contributed by atoms with Crippen LogP contribution in [0, 0.1) is 0 Å². The van der Waals surface area contributed by atoms with Crippen molar-refractivity contribution in [3.63, 3.8) is 0 Å². The summed E-state index contributed by atoms with van der Waals surface area (Å²) in [6, 6.07) is 6.60. The van der Waals surface area contributed by atoms with E-state index >= 15 is 0 Å². The van der Waals surface area contributed by atoms with Gasteiger partial charge in [0.2, 0.25) is 0 Å². The van der Waals surface area contributed by atoms with E-state index in [1.54, 1.807) is 5.56 Å². The lowest BCUT2D eigenvalue weighted by Gasteiger charge is -2.23. The lowest BCUT2D eigenvalue weighted by atomic mass is 9.82. The van der Waals surface area contributed by atoms with E-state index in [0.717, 1.165) is 0 Å². The predicted octanol–water partition coefficient (Wildman–Crippen LogP) is 4.06. The first kappa shape index (κ1) is 9.26. The van der Waals surface area contributed by atoms with Crippen LogP contribution in [0.1, 0.15) is 37.8 Å². The van der Waals surface area contributed by atoms with Crippen LogP contribution in [0.15, 0.2) is 22.7 Å². The summed E-state index contributed by atoms with van der Waals surface area (Å²) in [4.78, 5) is 0. The second-order valence-corrected chi connectivity index (χ2v) is 5.03. The van der Waals surface area contributed by atoms with E-state index in [1.165, 1.54) is 29.3 Å². The highest BCUT2D eigenvalue weighted by Gasteiger charge is 2.33. The lowest BCUT2D eigenvalue weighted by molar-refractivity contribution is 0.453. The highest BCUT2D eigenvalue weighted by molar-refractivity contribution is 9.10. The molecule has 0 nitrogen and oxygen atoms in total. The molecule has 1 heteroatoms. The van der Waals surface area contributed by atoms with Crippen molar-refractivity contribution in [1.82, 2.24) is 0 Å². The molecule has 1 aliphatic rings. The van der Waals surface area contributed by atoms with Gasteiger partial charge in [-0.2, -0.15) is 0 Å². The average Bonchev–Trinajstić information content (AvgIpc) is 2.47. The van der Waals surface area contributed by atoms with Gasteiger partial charge in [-0.1, -0.05) is 41.9 Å². The summed E-state index contributed by atoms with van der Waals surface area (Å²) < 4.78 is 1.29. The third kappa shape index (κ3) is 1.34. The molecule has 13 heavy (non-hydrogen) atoms. The summed E-state index contributed by atoms with van der Waals surface area (Å²) in [7, 11) is 0. The molecule has 1 aromatic carbocycles. The van der Waals surface area contributed by atoms with Gasteiger partial charge in [-0.3, -0.25) is 0 Å². The summed E-state index contributed by atoms with van der Waals surface area (Å²) in [6.07, 6.45) is 3.79. The summed E-state index contributed by atoms with van der Waals surface area (Å²) >= 11 is 3.63. The monoisotopic (exact) mass is 238 g/mol. The van der Waals surface area contributed by atoms with Crippen LogP contribution in [0.2, 0.25) is 0 Å². The molecule has 0 unspecified atom stereocenters. The standard InChI is InChI=1S/C12H15Br/c1-3-12(2)8-7-9-10(12)5-4-6-11(9)13/h4-6H,3,7-8H2,1-2H3/t12-/m0/s1. The molecule has 0 aromatic heterocycles. The lowest BCUT2D eigenvalue weighted by Crippen LogP contribution is -2.16. The normalized spacial score (nSPS) is 26.1. The topological polar surface area (TPSA) is 0 Å². The van der Waals surface area contributed by atoms with E-state index in [9.17, 15) is 0 Å². The predicted molar refractivity (Wildman–Crippen MR) is 60.1 cm³/mol. The van der Waals surface area contributed by atoms with Crippen molar-refractivity contribution in [2.45, 2.75) is 38.5 Å². The van der Waals surface area contributed by atoms with Crippen LogP contribution in [-0.4, -0.2) is 0 Å². The molecular weight excluding hydrogens is 224 g/mol. The molecule has 0 aliphatic heterocycles. The van der Waals surface area contributed by atoms with Gasteiger partial charge in [-0.25, -0.2) is 0 Å². The maximum Gasteiger partial charge on any atom is 0.0210 e. The second kappa shape index (κ2) is 3.13. The van der Waals surface area contributed by atoms with Crippen molar-refractivity contribution < 1.29 is 0 Å². The third-order valence-corrected chi connectivity index (χ3v) is 4.22. The fourth-order valence-electron chi connectivity index (χ4n) is 2.28. The molecule has 1 aromatic rings. The fourth-order valence-corrected chi connectivity index (χ4v) is 2.85. The maximum atomic E-state index is 3.63. The molecule has 0 spiro atoms. The van der Waals surface area contributed by atoms with Gasteiger partial charge in [0.1, 0.15) is 0 Å². The quantitative estimate of drug-likeness (QED) is 0.693. The average molecular weight is 239 g/mol. The van der Waals surface area contributed by atoms with Gasteiger partial charge in [-0.05, 0) is 41.9 Å². The minimum Gasteiger partial charge on any atom is -0.0645 e. The molecule has 2 rings (SSSR count). The number of benzene rings is 1. The molecule has 0 saturated carbocycles. The Morgan fingerprint density at radius 3 is 2.92 bits per heavy atom. The number of fused-ring (bicyclic) bond motifs is 1. The molecule has 0 heterocycles. The van der Waals surface area contributed by atoms with Crippen molar-refractivity contribution in [2.24, 2.45) is 0 Å². The van der Waals surface area contributed by atoms with Gasteiger partial charge >= 0.3 is 0 Å². The molecule has 0 bridgehead atoms. The zero-order valence-corrected chi connectivity index (χ0v) is 9.82. The van der Waals surface area contributed by atoms with Crippen LogP contribution < -0.4 is 0 Å². The largest absolute Gasteiger partial charge is 0.0645 e. The first-order valence-electron chi connectivity index (χ1n) is 4.95. The summed E-state index contributed by atoms with van der Waals surface area (Å²) in [5.41, 5.74) is 3.52. The fraction of sp³-hybridized carbons (Fsp3) is 0.500. The number of rotatable bonds is 1. The van der Waals surface area contributed by atoms with Crippen LogP contribution >= 0.6 is 15.9 Å². The Kier molecular flexibility index (Phi) is 2.23. The first-order chi connectivity index (χ1) is 6.17. The highest BCUT2D eigenvalue weighted by Crippen LogP contribution is 2.43. The van der Waals surface area contributed by atoms with Gasteiger partial charge < -0.3 is 0 Å². The zero-order chi connectivity index (χ0) is 9.47. The van der Waals surface area contributed by atoms with Gasteiger partial charge in [0, 0.05) is 4.47 Å². The number of hydrogen-bond acceptors (Lipinski definition) is 0. The maximum absolute atomic E-state index is 3.63. The van der Waals surface area contributed by atoms with Crippen LogP contribution in [-0.2, 0) is 11.8 Å². The molecule has 0 N–H and O–H groups in total. The van der Waals surface area contributed by atoms with Gasteiger partial charge in [0.05, 0.1) is 0 Å². The summed E-state index contributed by atoms with van der Waals surface area (Å²) in [5.74, 6) is 0. The third-order valence-electron chi connectivity index (χ3n) is 3.48. The summed E-state index contributed by atoms with van der Waals surface area (Å²) in [6.45, 7) is 4.67. The van der Waals surface area contributed by atoms with Gasteiger partial charge in [0.15, 0.2) is 0 Å². The SMILES string of the molecule is CC[C@@]1(C)CCc2c(Br)cccc21. The van der Waals surface area contributed by atoms with Crippen molar-refractivity contribution >= 4 is 15.9 Å². The van der Waals surface area contributed by atoms with E-state index in [0.29, 0.717) is 5.41 Å². The molecule has 0 amide bonds. The van der Waals surface area contributed by atoms with E-state index in [2.05, 4.69) is 48.0 Å². The molecule has 1 atom stereocenters. The summed E-state index contributed by atoms with van der Waals surface area (Å²) in [5, 5.41) is 0. The van der Waals surface area contributed by atoms with Crippen molar-refractivity contribution in [3.05, 3.63) is 33.8 Å². The Bertz CT molecular complexity index is 330. The van der Waals surface area contributed by atoms with Crippen molar-refractivity contribution in [3.8, 4) is 0 Å². The molecule has 1 aliphatic carbocycles. The molecule has 0 radical (unpaired) electrons. The van der Waals surface area contributed by atoms with Gasteiger partial charge in [0.25, 0.3) is 0 Å². The van der Waals surface area contributed by atoms with Crippen LogP contribution in [0.25, 0.3) is 0 Å². The Balaban J connectivity index is 2.55. The first-order valence-corrected chi connectivity index (χ1v) is 5.74. The number of halogens is 1. The van der Waals surface area contributed by atoms with E-state index < -0.39 is 0 Å². The van der Waals surface area contributed by atoms with E-state index in [-0.39, 0.29) is 0 Å². The number of hydrogen-bond donors (Lipinski definition) is 0. The Morgan fingerprint density at radius 2 is 2.23 bits per heavy atom. The Hall–Kier alpha value is -0.300. The molecule has 0 saturated heterocycles. The van der Waals surface area contributed by atoms with Crippen LogP contribution in [0.3, 0.4) is 0 Å². The van der Waals surface area contributed by atoms with Gasteiger partial charge in [-0.15, -0.1) is 0 Å². The van der Waals surface area contributed by atoms with Crippen LogP contribution in [0.5, 0.6) is 0 Å². The van der Waals surface area contributed by atoms with E-state index in [1.807, 2.05) is 0 Å². The minimum absolute atomic E-state index is 0.430. The van der Waals surface area contributed by atoms with Crippen molar-refractivity contribution in [2.75, 3.05) is 0 Å². The minimum atomic E-state index is 0.430. The Morgan fingerprint density at radius 1 is 1.46 bits per heavy atom. The highest BCUT2D eigenvalue weighted by atomic mass is 79.9. The molecular formula is C12H15Br. The Labute approximate surface area is 88.5 Å². The smallest absolute Gasteiger partial charge is 0.0210 e.